The van der Waals surface area contributed by atoms with Crippen molar-refractivity contribution in [3.63, 3.8) is 0 Å². The minimum Gasteiger partial charge on any atom is -0.309 e. The van der Waals surface area contributed by atoms with Crippen LogP contribution in [0.4, 0.5) is 0 Å². The minimum absolute atomic E-state index is 0.0394. The summed E-state index contributed by atoms with van der Waals surface area (Å²) in [6.45, 7) is 0. The average Bonchev–Trinajstić information content (AvgIpc) is 1.55. The van der Waals surface area contributed by atoms with Crippen LogP contribution in [0.1, 0.15) is 43.9 Å². The van der Waals surface area contributed by atoms with Gasteiger partial charge in [-0.3, -0.25) is 0 Å². The van der Waals surface area contributed by atoms with Crippen LogP contribution in [0.25, 0.3) is 198 Å². The van der Waals surface area contributed by atoms with Gasteiger partial charge in [0.1, 0.15) is 0 Å². The van der Waals surface area contributed by atoms with Crippen LogP contribution in [0.5, 0.6) is 0 Å². The molecule has 6 heteroatoms. The van der Waals surface area contributed by atoms with E-state index in [9.17, 15) is 0 Å². The van der Waals surface area contributed by atoms with Gasteiger partial charge in [0.15, 0.2) is 0 Å². The lowest BCUT2D eigenvalue weighted by atomic mass is 10.0. The third-order valence-corrected chi connectivity index (χ3v) is 21.0. The van der Waals surface area contributed by atoms with E-state index in [1.165, 1.54) is 33.4 Å². The van der Waals surface area contributed by atoms with Crippen LogP contribution in [0.2, 0.25) is 0 Å². The average molecular weight is 1490 g/mol. The summed E-state index contributed by atoms with van der Waals surface area (Å²) < 4.78 is 282. The number of hydrogen-bond acceptors (Lipinski definition) is 0. The fourth-order valence-electron chi connectivity index (χ4n) is 16.1. The normalized spacial score (nSPS) is 15.6. The second kappa shape index (κ2) is 27.4. The van der Waals surface area contributed by atoms with Crippen molar-refractivity contribution in [2.45, 2.75) is 0 Å². The lowest BCUT2D eigenvalue weighted by Crippen LogP contribution is -1.95. The maximum atomic E-state index is 8.84. The Balaban J connectivity index is 0.000000125. The van der Waals surface area contributed by atoms with E-state index < -0.39 is 96.7 Å². The molecule has 0 atom stereocenters. The molecule has 6 nitrogen and oxygen atoms in total. The molecule has 0 saturated carbocycles. The van der Waals surface area contributed by atoms with Crippen molar-refractivity contribution in [1.29, 1.82) is 0 Å². The lowest BCUT2D eigenvalue weighted by molar-refractivity contribution is 1.17. The maximum absolute atomic E-state index is 8.84. The molecule has 6 aromatic heterocycles. The number of rotatable bonds is 9. The Hall–Kier alpha value is -15.2. The van der Waals surface area contributed by atoms with Gasteiger partial charge in [0.2, 0.25) is 0 Å². The molecule has 0 amide bonds. The number of fused-ring (bicyclic) bond motifs is 18. The van der Waals surface area contributed by atoms with Crippen LogP contribution in [0.3, 0.4) is 0 Å². The molecule has 0 unspecified atom stereocenters. The van der Waals surface area contributed by atoms with E-state index >= 15 is 0 Å². The van der Waals surface area contributed by atoms with E-state index in [1.54, 1.807) is 57.7 Å². The highest BCUT2D eigenvalue weighted by molar-refractivity contribution is 6.14. The largest absolute Gasteiger partial charge is 0.309 e. The summed E-state index contributed by atoms with van der Waals surface area (Å²) in [5.41, 5.74) is 14.0. The van der Waals surface area contributed by atoms with Crippen molar-refractivity contribution in [2.24, 2.45) is 0 Å². The molecule has 0 radical (unpaired) electrons. The Labute approximate surface area is 703 Å². The first-order valence-electron chi connectivity index (χ1n) is 52.5. The van der Waals surface area contributed by atoms with Crippen molar-refractivity contribution < 1.29 is 43.9 Å². The van der Waals surface area contributed by atoms with Gasteiger partial charge in [-0.05, 0) is 179 Å². The van der Waals surface area contributed by atoms with E-state index in [-0.39, 0.29) is 138 Å². The zero-order valence-electron chi connectivity index (χ0n) is 91.8. The molecule has 0 saturated heterocycles. The Morgan fingerprint density at radius 1 is 0.132 bits per heavy atom. The summed E-state index contributed by atoms with van der Waals surface area (Å²) >= 11 is 0. The molecule has 24 aromatic rings. The molecule has 0 bridgehead atoms. The summed E-state index contributed by atoms with van der Waals surface area (Å²) in [7, 11) is 0. The molecule has 0 fully saturated rings. The van der Waals surface area contributed by atoms with Gasteiger partial charge in [-0.25, -0.2) is 0 Å². The van der Waals surface area contributed by atoms with E-state index in [1.807, 2.05) is 121 Å². The molecule has 18 aromatic carbocycles. The van der Waals surface area contributed by atoms with Gasteiger partial charge >= 0.3 is 0 Å². The van der Waals surface area contributed by atoms with Gasteiger partial charge in [0.25, 0.3) is 0 Å². The van der Waals surface area contributed by atoms with E-state index in [4.69, 9.17) is 43.9 Å². The van der Waals surface area contributed by atoms with E-state index in [2.05, 4.69) is 57.7 Å². The Bertz CT molecular complexity index is 8980. The quantitative estimate of drug-likeness (QED) is 0.138. The van der Waals surface area contributed by atoms with Crippen LogP contribution in [0.15, 0.2) is 436 Å². The molecule has 0 N–H and O–H groups in total. The first-order chi connectivity index (χ1) is 69.7. The Morgan fingerprint density at radius 3 is 0.526 bits per heavy atom. The molecular formula is C108H72N6. The van der Waals surface area contributed by atoms with Crippen molar-refractivity contribution in [3.05, 3.63) is 436 Å². The molecule has 24 rings (SSSR count). The number of aromatic nitrogens is 6. The van der Waals surface area contributed by atoms with Gasteiger partial charge in [0.05, 0.1) is 110 Å². The third-order valence-electron chi connectivity index (χ3n) is 21.0. The highest BCUT2D eigenvalue weighted by Gasteiger charge is 2.20. The monoisotopic (exact) mass is 1480 g/mol. The van der Waals surface area contributed by atoms with Crippen LogP contribution >= 0.6 is 0 Å². The fraction of sp³-hybridized carbons (Fsp3) is 0. The SMILES string of the molecule is [2H]c1c([2H])c([2H])c2c(c1[2H])c1c([2H])c([2H])c([2H])c([2H])c1n2-c1cccc(-c2cccc(-n3c4c([2H])c([2H])c([2H])c([2H])c4c4c([2H])c([2H])c([2H])c([2H])c43)c2)c1.[2H]c1cc2c(c([2H])c1[2H])c1c([2H])c([2H])c([2H])cc1n2-c1cccc(-c2cccc(-n3c4cc([2H])c([2H])c([2H])c4c4c([2H])c([2H])c([2H])cc43)c2)c1.[2H]c1ccc2c(c1)c1cc([2H])ccc1n2-c1cccc(-c2cccc(-n3c4ccc([2H])cc4c4cc([2H])ccc43)c2)c1. The summed E-state index contributed by atoms with van der Waals surface area (Å²) in [5.74, 6) is 0. The first kappa shape index (κ1) is 41.0. The summed E-state index contributed by atoms with van der Waals surface area (Å²) in [6.07, 6.45) is 0. The third kappa shape index (κ3) is 10.9. The van der Waals surface area contributed by atoms with Gasteiger partial charge in [0, 0.05) is 98.8 Å². The molecule has 114 heavy (non-hydrogen) atoms. The zero-order valence-corrected chi connectivity index (χ0v) is 59.8. The second-order valence-electron chi connectivity index (χ2n) is 27.2. The Kier molecular flexibility index (Phi) is 9.85. The van der Waals surface area contributed by atoms with Crippen LogP contribution in [-0.2, 0) is 0 Å². The number of para-hydroxylation sites is 12. The fourth-order valence-corrected chi connectivity index (χ4v) is 16.1. The van der Waals surface area contributed by atoms with Crippen molar-refractivity contribution >= 4 is 131 Å². The number of nitrogens with zero attached hydrogens (tertiary/aromatic N) is 6. The molecule has 6 heterocycles. The molecule has 0 aliphatic heterocycles. The molecule has 0 spiro atoms. The van der Waals surface area contributed by atoms with Gasteiger partial charge in [-0.2, -0.15) is 0 Å². The topological polar surface area (TPSA) is 29.6 Å². The molecular weight excluding hydrogens is 1380 g/mol. The van der Waals surface area contributed by atoms with Crippen molar-refractivity contribution in [2.75, 3.05) is 0 Å². The smallest absolute Gasteiger partial charge is 0.0645 e. The summed E-state index contributed by atoms with van der Waals surface area (Å²) in [4.78, 5) is 0. The van der Waals surface area contributed by atoms with Crippen LogP contribution < -0.4 is 0 Å². The summed E-state index contributed by atoms with van der Waals surface area (Å²) in [6, 6.07) is 64.8. The molecule has 0 aliphatic carbocycles. The second-order valence-corrected chi connectivity index (χ2v) is 27.2. The molecule has 0 aliphatic rings. The van der Waals surface area contributed by atoms with Crippen LogP contribution in [-0.4, -0.2) is 27.4 Å². The molecule has 534 valence electrons. The highest BCUT2D eigenvalue weighted by atomic mass is 15.0. The van der Waals surface area contributed by atoms with Crippen LogP contribution in [0, 0.1) is 0 Å². The summed E-state index contributed by atoms with van der Waals surface area (Å²) in [5, 5.41) is 4.68. The van der Waals surface area contributed by atoms with Gasteiger partial charge in [-0.1, -0.05) is 291 Å². The first-order valence-corrected chi connectivity index (χ1v) is 36.5. The highest BCUT2D eigenvalue weighted by Crippen LogP contribution is 2.42. The Morgan fingerprint density at radius 2 is 0.307 bits per heavy atom. The van der Waals surface area contributed by atoms with Gasteiger partial charge < -0.3 is 27.4 Å². The number of hydrogen-bond donors (Lipinski definition) is 0. The van der Waals surface area contributed by atoms with Crippen molar-refractivity contribution in [3.8, 4) is 67.5 Å². The van der Waals surface area contributed by atoms with Crippen molar-refractivity contribution in [1.82, 2.24) is 27.4 Å². The minimum atomic E-state index is -0.552. The predicted molar refractivity (Wildman–Crippen MR) is 482 cm³/mol. The number of benzene rings is 18. The zero-order chi connectivity index (χ0) is 103. The van der Waals surface area contributed by atoms with Gasteiger partial charge in [-0.15, -0.1) is 0 Å². The maximum Gasteiger partial charge on any atom is 0.0645 e. The van der Waals surface area contributed by atoms with E-state index in [0.717, 1.165) is 77.2 Å². The lowest BCUT2D eigenvalue weighted by Gasteiger charge is -2.12. The van der Waals surface area contributed by atoms with E-state index in [0.29, 0.717) is 80.1 Å². The predicted octanol–water partition coefficient (Wildman–Crippen LogP) is 28.6. The standard InChI is InChI=1S/3C36H24N2/c3*1-5-19-33-29(15-1)30-16-2-6-20-34(30)37(33)27-13-9-11-25(23-27)26-12-10-14-28(24-26)38-35-21-7-3-17-31(35)32-18-4-8-22-36(32)38/h3*1-24H/i1D,2D,3D,4D,5D,6D,7D,8D,15D,16D,17D,18D,19D,20D,21D,22D;1D,2D,3D,4D,5D,6D,7D,8D,15D,16D,17D,18D;1D,2D,3D,4D.